The number of rotatable bonds is 4. The Morgan fingerprint density at radius 2 is 2.35 bits per heavy atom. The third-order valence-electron chi connectivity index (χ3n) is 3.49. The van der Waals surface area contributed by atoms with Gasteiger partial charge in [0.15, 0.2) is 0 Å². The molecule has 0 saturated carbocycles. The highest BCUT2D eigenvalue weighted by Gasteiger charge is 2.37. The van der Waals surface area contributed by atoms with Crippen molar-refractivity contribution in [3.63, 3.8) is 0 Å². The minimum absolute atomic E-state index is 0.199. The third kappa shape index (κ3) is 2.78. The molecular weight excluding hydrogens is 232 g/mol. The van der Waals surface area contributed by atoms with Gasteiger partial charge in [-0.25, -0.2) is 4.79 Å². The molecule has 1 aliphatic heterocycles. The molecule has 2 heterocycles. The maximum Gasteiger partial charge on any atom is 0.330 e. The van der Waals surface area contributed by atoms with E-state index in [1.807, 2.05) is 6.08 Å². The fraction of sp³-hybridized carbons (Fsp3) is 0.500. The molecule has 1 aromatic rings. The van der Waals surface area contributed by atoms with E-state index in [9.17, 15) is 4.79 Å². The van der Waals surface area contributed by atoms with Gasteiger partial charge in [-0.05, 0) is 41.1 Å². The molecule has 1 unspecified atom stereocenters. The van der Waals surface area contributed by atoms with Crippen molar-refractivity contribution in [2.45, 2.75) is 38.7 Å². The average molecular weight is 250 g/mol. The van der Waals surface area contributed by atoms with E-state index in [2.05, 4.69) is 30.7 Å². The van der Waals surface area contributed by atoms with Gasteiger partial charge in [-0.1, -0.05) is 19.9 Å². The first-order chi connectivity index (χ1) is 8.12. The van der Waals surface area contributed by atoms with Crippen molar-refractivity contribution in [3.05, 3.63) is 34.5 Å². The molecule has 0 saturated heterocycles. The lowest BCUT2D eigenvalue weighted by molar-refractivity contribution is -0.161. The molecule has 0 fully saturated rings. The van der Waals surface area contributed by atoms with E-state index >= 15 is 0 Å². The summed E-state index contributed by atoms with van der Waals surface area (Å²) < 4.78 is 5.61. The topological polar surface area (TPSA) is 26.3 Å². The van der Waals surface area contributed by atoms with Crippen molar-refractivity contribution in [2.24, 2.45) is 5.92 Å². The summed E-state index contributed by atoms with van der Waals surface area (Å²) in [5, 5.41) is 4.25. The van der Waals surface area contributed by atoms with Crippen molar-refractivity contribution < 1.29 is 9.53 Å². The Kier molecular flexibility index (Phi) is 3.67. The molecule has 17 heavy (non-hydrogen) atoms. The van der Waals surface area contributed by atoms with Crippen molar-refractivity contribution in [3.8, 4) is 0 Å². The highest BCUT2D eigenvalue weighted by atomic mass is 32.1. The highest BCUT2D eigenvalue weighted by molar-refractivity contribution is 7.07. The summed E-state index contributed by atoms with van der Waals surface area (Å²) in [6.45, 7) is 4.25. The van der Waals surface area contributed by atoms with Gasteiger partial charge >= 0.3 is 5.97 Å². The van der Waals surface area contributed by atoms with Crippen molar-refractivity contribution in [1.29, 1.82) is 0 Å². The molecule has 0 bridgehead atoms. The van der Waals surface area contributed by atoms with Crippen LogP contribution in [0.1, 0.15) is 32.3 Å². The summed E-state index contributed by atoms with van der Waals surface area (Å²) >= 11 is 1.71. The van der Waals surface area contributed by atoms with Gasteiger partial charge in [-0.2, -0.15) is 11.3 Å². The zero-order valence-corrected chi connectivity index (χ0v) is 11.1. The average Bonchev–Trinajstić information content (AvgIpc) is 2.79. The Morgan fingerprint density at radius 1 is 1.53 bits per heavy atom. The Labute approximate surface area is 106 Å². The fourth-order valence-corrected chi connectivity index (χ4v) is 2.92. The van der Waals surface area contributed by atoms with Crippen LogP contribution in [-0.2, 0) is 16.0 Å². The molecule has 0 radical (unpaired) electrons. The maximum absolute atomic E-state index is 11.4. The fourth-order valence-electron chi connectivity index (χ4n) is 2.22. The summed E-state index contributed by atoms with van der Waals surface area (Å²) in [6, 6.07) is 2.14. The molecule has 1 aromatic heterocycles. The minimum Gasteiger partial charge on any atom is -0.455 e. The summed E-state index contributed by atoms with van der Waals surface area (Å²) in [6.07, 6.45) is 6.19. The first-order valence-electron chi connectivity index (χ1n) is 6.03. The summed E-state index contributed by atoms with van der Waals surface area (Å²) in [5.41, 5.74) is 1.02. The summed E-state index contributed by atoms with van der Waals surface area (Å²) in [4.78, 5) is 11.4. The summed E-state index contributed by atoms with van der Waals surface area (Å²) in [7, 11) is 0. The Balaban J connectivity index is 2.07. The van der Waals surface area contributed by atoms with Gasteiger partial charge in [-0.3, -0.25) is 0 Å². The molecule has 2 nitrogen and oxygen atoms in total. The minimum atomic E-state index is -0.312. The van der Waals surface area contributed by atoms with Crippen LogP contribution in [0.5, 0.6) is 0 Å². The van der Waals surface area contributed by atoms with Gasteiger partial charge in [-0.15, -0.1) is 0 Å². The predicted octanol–water partition coefficient (Wildman–Crippen LogP) is 3.58. The normalized spacial score (nSPS) is 24.1. The molecule has 0 amide bonds. The van der Waals surface area contributed by atoms with Crippen LogP contribution in [0.3, 0.4) is 0 Å². The molecule has 3 heteroatoms. The number of cyclic esters (lactones) is 1. The van der Waals surface area contributed by atoms with Crippen LogP contribution in [0.4, 0.5) is 0 Å². The number of aryl methyl sites for hydroxylation is 1. The molecular formula is C14H18O2S. The standard InChI is InChI=1S/C14H18O2S/c1-11(2)14(7-3-4-13(15)16-14)8-5-12-6-9-17-10-12/h3-4,6,9-11H,5,7-8H2,1-2H3. The van der Waals surface area contributed by atoms with Gasteiger partial charge in [0.1, 0.15) is 5.60 Å². The van der Waals surface area contributed by atoms with Crippen molar-refractivity contribution >= 4 is 17.3 Å². The number of thiophene rings is 1. The van der Waals surface area contributed by atoms with Crippen LogP contribution in [0.25, 0.3) is 0 Å². The van der Waals surface area contributed by atoms with Gasteiger partial charge in [0.25, 0.3) is 0 Å². The van der Waals surface area contributed by atoms with E-state index in [1.54, 1.807) is 11.3 Å². The second kappa shape index (κ2) is 5.05. The molecule has 0 N–H and O–H groups in total. The van der Waals surface area contributed by atoms with Crippen molar-refractivity contribution in [2.75, 3.05) is 0 Å². The molecule has 0 aliphatic carbocycles. The van der Waals surface area contributed by atoms with Crippen LogP contribution in [0, 0.1) is 5.92 Å². The van der Waals surface area contributed by atoms with Crippen LogP contribution in [0.2, 0.25) is 0 Å². The molecule has 0 aromatic carbocycles. The van der Waals surface area contributed by atoms with Crippen LogP contribution in [-0.4, -0.2) is 11.6 Å². The number of ether oxygens (including phenoxy) is 1. The van der Waals surface area contributed by atoms with Gasteiger partial charge < -0.3 is 4.74 Å². The van der Waals surface area contributed by atoms with Crippen LogP contribution >= 0.6 is 11.3 Å². The number of carbonyl (C=O) groups excluding carboxylic acids is 1. The van der Waals surface area contributed by atoms with E-state index in [0.717, 1.165) is 19.3 Å². The lowest BCUT2D eigenvalue weighted by Gasteiger charge is -2.38. The van der Waals surface area contributed by atoms with Crippen LogP contribution in [0.15, 0.2) is 29.0 Å². The Bertz CT molecular complexity index is 406. The smallest absolute Gasteiger partial charge is 0.330 e. The van der Waals surface area contributed by atoms with E-state index in [-0.39, 0.29) is 11.6 Å². The lowest BCUT2D eigenvalue weighted by atomic mass is 9.81. The maximum atomic E-state index is 11.4. The lowest BCUT2D eigenvalue weighted by Crippen LogP contribution is -2.42. The Morgan fingerprint density at radius 3 is 2.94 bits per heavy atom. The Hall–Kier alpha value is -1.09. The van der Waals surface area contributed by atoms with E-state index in [4.69, 9.17) is 4.74 Å². The molecule has 92 valence electrons. The highest BCUT2D eigenvalue weighted by Crippen LogP contribution is 2.34. The third-order valence-corrected chi connectivity index (χ3v) is 4.22. The van der Waals surface area contributed by atoms with Crippen LogP contribution < -0.4 is 0 Å². The second-order valence-corrected chi connectivity index (χ2v) is 5.66. The quantitative estimate of drug-likeness (QED) is 0.763. The van der Waals surface area contributed by atoms with Crippen molar-refractivity contribution in [1.82, 2.24) is 0 Å². The number of esters is 1. The largest absolute Gasteiger partial charge is 0.455 e. The van der Waals surface area contributed by atoms with Gasteiger partial charge in [0.2, 0.25) is 0 Å². The molecule has 2 rings (SSSR count). The monoisotopic (exact) mass is 250 g/mol. The van der Waals surface area contributed by atoms with E-state index < -0.39 is 0 Å². The number of hydrogen-bond donors (Lipinski definition) is 0. The zero-order chi connectivity index (χ0) is 12.3. The SMILES string of the molecule is CC(C)C1(CCc2ccsc2)CC=CC(=O)O1. The summed E-state index contributed by atoms with van der Waals surface area (Å²) in [5.74, 6) is 0.144. The van der Waals surface area contributed by atoms with E-state index in [0.29, 0.717) is 5.92 Å². The van der Waals surface area contributed by atoms with Gasteiger partial charge in [0, 0.05) is 12.5 Å². The molecule has 1 atom stereocenters. The zero-order valence-electron chi connectivity index (χ0n) is 10.3. The predicted molar refractivity (Wildman–Crippen MR) is 70.1 cm³/mol. The molecule has 0 spiro atoms. The van der Waals surface area contributed by atoms with E-state index in [1.165, 1.54) is 11.6 Å². The first-order valence-corrected chi connectivity index (χ1v) is 6.97. The second-order valence-electron chi connectivity index (χ2n) is 4.88. The number of hydrogen-bond acceptors (Lipinski definition) is 3. The van der Waals surface area contributed by atoms with Gasteiger partial charge in [0.05, 0.1) is 0 Å². The number of carbonyl (C=O) groups is 1. The first kappa shape index (κ1) is 12.4. The molecule has 1 aliphatic rings.